The normalized spacial score (nSPS) is 21.8. The molecule has 114 valence electrons. The number of hydrogen-bond donors (Lipinski definition) is 0. The highest BCUT2D eigenvalue weighted by Gasteiger charge is 2.27. The molecule has 1 aliphatic rings. The van der Waals surface area contributed by atoms with Crippen LogP contribution in [0, 0.1) is 11.8 Å². The first-order valence-electron chi connectivity index (χ1n) is 7.95. The first-order valence-corrected chi connectivity index (χ1v) is 7.95. The number of hydrogen-bond acceptors (Lipinski definition) is 3. The van der Waals surface area contributed by atoms with E-state index in [9.17, 15) is 9.59 Å². The van der Waals surface area contributed by atoms with Gasteiger partial charge in [-0.05, 0) is 44.9 Å². The minimum absolute atomic E-state index is 0.0451. The van der Waals surface area contributed by atoms with E-state index in [2.05, 4.69) is 0 Å². The Balaban J connectivity index is 1.72. The average molecular weight is 288 g/mol. The maximum Gasteiger partial charge on any atom is 0.308 e. The van der Waals surface area contributed by atoms with Crippen molar-refractivity contribution in [1.29, 1.82) is 0 Å². The Morgan fingerprint density at radius 2 is 1.76 bits per heavy atom. The molecule has 0 aliphatic heterocycles. The first-order chi connectivity index (χ1) is 10.2. The van der Waals surface area contributed by atoms with Crippen LogP contribution in [0.5, 0.6) is 0 Å². The summed E-state index contributed by atoms with van der Waals surface area (Å²) in [6.45, 7) is 2.31. The van der Waals surface area contributed by atoms with Crippen LogP contribution in [0.3, 0.4) is 0 Å². The molecule has 1 fully saturated rings. The van der Waals surface area contributed by atoms with Crippen LogP contribution in [-0.2, 0) is 9.53 Å². The largest absolute Gasteiger partial charge is 0.466 e. The van der Waals surface area contributed by atoms with E-state index in [-0.39, 0.29) is 17.7 Å². The molecule has 1 aromatic carbocycles. The van der Waals surface area contributed by atoms with E-state index in [1.54, 1.807) is 0 Å². The zero-order chi connectivity index (χ0) is 15.1. The van der Waals surface area contributed by atoms with E-state index >= 15 is 0 Å². The van der Waals surface area contributed by atoms with Crippen molar-refractivity contribution in [3.63, 3.8) is 0 Å². The van der Waals surface area contributed by atoms with Gasteiger partial charge in [-0.15, -0.1) is 0 Å². The smallest absolute Gasteiger partial charge is 0.308 e. The molecule has 21 heavy (non-hydrogen) atoms. The summed E-state index contributed by atoms with van der Waals surface area (Å²) < 4.78 is 5.08. The Kier molecular flexibility index (Phi) is 5.97. The fraction of sp³-hybridized carbons (Fsp3) is 0.556. The van der Waals surface area contributed by atoms with Gasteiger partial charge < -0.3 is 4.74 Å². The Hall–Kier alpha value is -1.64. The lowest BCUT2D eigenvalue weighted by atomic mass is 9.79. The number of rotatable bonds is 6. The molecule has 3 heteroatoms. The van der Waals surface area contributed by atoms with Crippen molar-refractivity contribution >= 4 is 11.8 Å². The van der Waals surface area contributed by atoms with E-state index in [0.29, 0.717) is 18.9 Å². The van der Waals surface area contributed by atoms with Crippen LogP contribution in [-0.4, -0.2) is 18.4 Å². The molecule has 1 aliphatic carbocycles. The number of carbonyl (C=O) groups is 2. The summed E-state index contributed by atoms with van der Waals surface area (Å²) in [5.41, 5.74) is 0.803. The molecule has 0 N–H and O–H groups in total. The van der Waals surface area contributed by atoms with Crippen LogP contribution in [0.25, 0.3) is 0 Å². The van der Waals surface area contributed by atoms with Gasteiger partial charge >= 0.3 is 5.97 Å². The van der Waals surface area contributed by atoms with Gasteiger partial charge in [-0.1, -0.05) is 30.3 Å². The van der Waals surface area contributed by atoms with E-state index < -0.39 is 0 Å². The summed E-state index contributed by atoms with van der Waals surface area (Å²) in [4.78, 5) is 23.8. The standard InChI is InChI=1S/C18H24O3/c1-2-21-18(20)16-11-8-14(9-12-16)10-13-17(19)15-6-4-3-5-7-15/h3-7,14,16H,2,8-13H2,1H3. The number of carbonyl (C=O) groups excluding carboxylic acids is 2. The number of esters is 1. The highest BCUT2D eigenvalue weighted by molar-refractivity contribution is 5.95. The van der Waals surface area contributed by atoms with E-state index in [4.69, 9.17) is 4.74 Å². The SMILES string of the molecule is CCOC(=O)C1CCC(CCC(=O)c2ccccc2)CC1. The molecule has 0 saturated heterocycles. The Labute approximate surface area is 126 Å². The van der Waals surface area contributed by atoms with Crippen molar-refractivity contribution in [1.82, 2.24) is 0 Å². The molecule has 0 bridgehead atoms. The Bertz CT molecular complexity index is 459. The van der Waals surface area contributed by atoms with Gasteiger partial charge in [0, 0.05) is 12.0 Å². The number of benzene rings is 1. The zero-order valence-electron chi connectivity index (χ0n) is 12.7. The molecule has 2 rings (SSSR count). The van der Waals surface area contributed by atoms with Crippen LogP contribution in [0.2, 0.25) is 0 Å². The lowest BCUT2D eigenvalue weighted by Crippen LogP contribution is -2.24. The lowest BCUT2D eigenvalue weighted by molar-refractivity contribution is -0.149. The van der Waals surface area contributed by atoms with E-state index in [0.717, 1.165) is 37.7 Å². The third-order valence-corrected chi connectivity index (χ3v) is 4.34. The van der Waals surface area contributed by atoms with Crippen LogP contribution in [0.15, 0.2) is 30.3 Å². The van der Waals surface area contributed by atoms with Crippen molar-refractivity contribution in [2.45, 2.75) is 45.4 Å². The summed E-state index contributed by atoms with van der Waals surface area (Å²) in [6.07, 6.45) is 5.42. The lowest BCUT2D eigenvalue weighted by Gasteiger charge is -2.26. The number of ketones is 1. The summed E-state index contributed by atoms with van der Waals surface area (Å²) in [5.74, 6) is 0.828. The van der Waals surface area contributed by atoms with Crippen LogP contribution >= 0.6 is 0 Å². The molecule has 0 radical (unpaired) electrons. The molecule has 0 aromatic heterocycles. The van der Waals surface area contributed by atoms with Crippen molar-refractivity contribution in [2.24, 2.45) is 11.8 Å². The summed E-state index contributed by atoms with van der Waals surface area (Å²) in [5, 5.41) is 0. The summed E-state index contributed by atoms with van der Waals surface area (Å²) in [7, 11) is 0. The number of Topliss-reactive ketones (excluding diaryl/α,β-unsaturated/α-hetero) is 1. The minimum Gasteiger partial charge on any atom is -0.466 e. The first kappa shape index (κ1) is 15.7. The van der Waals surface area contributed by atoms with Crippen LogP contribution in [0.4, 0.5) is 0 Å². The number of ether oxygens (including phenoxy) is 1. The highest BCUT2D eigenvalue weighted by atomic mass is 16.5. The second-order valence-electron chi connectivity index (χ2n) is 5.80. The highest BCUT2D eigenvalue weighted by Crippen LogP contribution is 2.32. The molecule has 1 saturated carbocycles. The Morgan fingerprint density at radius 1 is 1.10 bits per heavy atom. The quantitative estimate of drug-likeness (QED) is 0.586. The molecule has 0 atom stereocenters. The van der Waals surface area contributed by atoms with Crippen molar-refractivity contribution in [3.05, 3.63) is 35.9 Å². The second-order valence-corrected chi connectivity index (χ2v) is 5.80. The monoisotopic (exact) mass is 288 g/mol. The van der Waals surface area contributed by atoms with Gasteiger partial charge in [0.05, 0.1) is 12.5 Å². The third-order valence-electron chi connectivity index (χ3n) is 4.34. The van der Waals surface area contributed by atoms with Crippen LogP contribution in [0.1, 0.15) is 55.8 Å². The van der Waals surface area contributed by atoms with Gasteiger partial charge in [0.2, 0.25) is 0 Å². The van der Waals surface area contributed by atoms with E-state index in [1.807, 2.05) is 37.3 Å². The maximum atomic E-state index is 12.1. The molecular weight excluding hydrogens is 264 g/mol. The average Bonchev–Trinajstić information content (AvgIpc) is 2.54. The molecule has 0 heterocycles. The van der Waals surface area contributed by atoms with Crippen molar-refractivity contribution in [2.75, 3.05) is 6.61 Å². The van der Waals surface area contributed by atoms with Crippen molar-refractivity contribution < 1.29 is 14.3 Å². The molecule has 0 amide bonds. The third kappa shape index (κ3) is 4.69. The van der Waals surface area contributed by atoms with E-state index in [1.165, 1.54) is 0 Å². The summed E-state index contributed by atoms with van der Waals surface area (Å²) >= 11 is 0. The molecular formula is C18H24O3. The van der Waals surface area contributed by atoms with Gasteiger partial charge in [-0.3, -0.25) is 9.59 Å². The predicted molar refractivity (Wildman–Crippen MR) is 82.1 cm³/mol. The predicted octanol–water partition coefficient (Wildman–Crippen LogP) is 4.02. The minimum atomic E-state index is -0.0451. The van der Waals surface area contributed by atoms with Crippen LogP contribution < -0.4 is 0 Å². The Morgan fingerprint density at radius 3 is 2.38 bits per heavy atom. The maximum absolute atomic E-state index is 12.1. The zero-order valence-corrected chi connectivity index (χ0v) is 12.7. The van der Waals surface area contributed by atoms with Gasteiger partial charge in [0.25, 0.3) is 0 Å². The molecule has 1 aromatic rings. The molecule has 3 nitrogen and oxygen atoms in total. The van der Waals surface area contributed by atoms with Gasteiger partial charge in [0.1, 0.15) is 0 Å². The van der Waals surface area contributed by atoms with Crippen molar-refractivity contribution in [3.8, 4) is 0 Å². The fourth-order valence-electron chi connectivity index (χ4n) is 3.05. The fourth-order valence-corrected chi connectivity index (χ4v) is 3.05. The van der Waals surface area contributed by atoms with Gasteiger partial charge in [-0.25, -0.2) is 0 Å². The topological polar surface area (TPSA) is 43.4 Å². The molecule has 0 spiro atoms. The molecule has 0 unspecified atom stereocenters. The second kappa shape index (κ2) is 7.96. The summed E-state index contributed by atoms with van der Waals surface area (Å²) in [6, 6.07) is 9.48. The van der Waals surface area contributed by atoms with Gasteiger partial charge in [-0.2, -0.15) is 0 Å². The van der Waals surface area contributed by atoms with Gasteiger partial charge in [0.15, 0.2) is 5.78 Å².